The summed E-state index contributed by atoms with van der Waals surface area (Å²) in [6, 6.07) is -0.939. The molecule has 0 spiro atoms. The molecule has 1 aliphatic rings. The van der Waals surface area contributed by atoms with E-state index in [9.17, 15) is 9.59 Å². The van der Waals surface area contributed by atoms with Gasteiger partial charge in [-0.15, -0.1) is 0 Å². The first kappa shape index (κ1) is 14.5. The van der Waals surface area contributed by atoms with Crippen molar-refractivity contribution in [2.45, 2.75) is 23.7 Å². The van der Waals surface area contributed by atoms with Gasteiger partial charge < -0.3 is 5.32 Å². The number of halogens is 3. The second-order valence-electron chi connectivity index (χ2n) is 3.80. The zero-order chi connectivity index (χ0) is 13.4. The third-order valence-electron chi connectivity index (χ3n) is 2.39. The van der Waals surface area contributed by atoms with Crippen molar-refractivity contribution in [1.29, 1.82) is 0 Å². The molecule has 0 aromatic carbocycles. The molecule has 5 nitrogen and oxygen atoms in total. The van der Waals surface area contributed by atoms with Crippen LogP contribution in [0.15, 0.2) is 5.10 Å². The molecule has 1 aliphatic heterocycles. The normalized spacial score (nSPS) is 22.5. The number of carbonyl (C=O) groups excluding carboxylic acids is 2. The van der Waals surface area contributed by atoms with Crippen molar-refractivity contribution in [2.75, 3.05) is 7.05 Å². The summed E-state index contributed by atoms with van der Waals surface area (Å²) in [6.07, 6.45) is 0. The molecule has 0 aromatic rings. The highest BCUT2D eigenvalue weighted by Gasteiger charge is 2.47. The Bertz CT molecular complexity index is 378. The van der Waals surface area contributed by atoms with Crippen molar-refractivity contribution in [3.05, 3.63) is 0 Å². The third-order valence-corrected chi connectivity index (χ3v) is 3.09. The molecule has 0 saturated carbocycles. The van der Waals surface area contributed by atoms with E-state index >= 15 is 0 Å². The van der Waals surface area contributed by atoms with Gasteiger partial charge in [0.2, 0.25) is 9.70 Å². The van der Waals surface area contributed by atoms with Crippen LogP contribution in [0, 0.1) is 5.92 Å². The van der Waals surface area contributed by atoms with Crippen molar-refractivity contribution in [3.63, 3.8) is 0 Å². The fraction of sp³-hybridized carbons (Fsp3) is 0.667. The van der Waals surface area contributed by atoms with Crippen molar-refractivity contribution >= 4 is 52.3 Å². The van der Waals surface area contributed by atoms with E-state index in [2.05, 4.69) is 10.4 Å². The lowest BCUT2D eigenvalue weighted by molar-refractivity contribution is -0.131. The second-order valence-corrected chi connectivity index (χ2v) is 6.17. The van der Waals surface area contributed by atoms with Crippen LogP contribution in [0.2, 0.25) is 0 Å². The van der Waals surface area contributed by atoms with Crippen molar-refractivity contribution in [3.8, 4) is 0 Å². The van der Waals surface area contributed by atoms with Gasteiger partial charge in [0, 0.05) is 14.0 Å². The van der Waals surface area contributed by atoms with E-state index in [1.165, 1.54) is 19.0 Å². The summed E-state index contributed by atoms with van der Waals surface area (Å²) < 4.78 is -1.78. The maximum atomic E-state index is 11.9. The molecular formula is C9H12Cl3N3O2. The molecule has 0 aliphatic carbocycles. The van der Waals surface area contributed by atoms with Crippen molar-refractivity contribution in [1.82, 2.24) is 10.3 Å². The predicted octanol–water partition coefficient (Wildman–Crippen LogP) is 1.33. The molecule has 1 heterocycles. The molecule has 0 unspecified atom stereocenters. The minimum absolute atomic E-state index is 0.312. The fourth-order valence-corrected chi connectivity index (χ4v) is 2.23. The lowest BCUT2D eigenvalue weighted by Crippen LogP contribution is -2.52. The van der Waals surface area contributed by atoms with Gasteiger partial charge >= 0.3 is 0 Å². The number of amides is 2. The molecule has 2 atom stereocenters. The van der Waals surface area contributed by atoms with Gasteiger partial charge in [-0.3, -0.25) is 9.59 Å². The van der Waals surface area contributed by atoms with Crippen molar-refractivity contribution < 1.29 is 9.59 Å². The number of rotatable bonds is 2. The lowest BCUT2D eigenvalue weighted by Gasteiger charge is -2.29. The van der Waals surface area contributed by atoms with Crippen LogP contribution in [0.5, 0.6) is 0 Å². The zero-order valence-corrected chi connectivity index (χ0v) is 11.8. The third kappa shape index (κ3) is 3.24. The molecule has 1 N–H and O–H groups in total. The minimum atomic E-state index is -1.78. The molecule has 96 valence electrons. The number of nitrogens with zero attached hydrogens (tertiary/aromatic N) is 2. The predicted molar refractivity (Wildman–Crippen MR) is 67.3 cm³/mol. The van der Waals surface area contributed by atoms with Gasteiger partial charge in [-0.2, -0.15) is 5.10 Å². The average Bonchev–Trinajstić information content (AvgIpc) is 2.36. The molecular weight excluding hydrogens is 288 g/mol. The first-order valence-corrected chi connectivity index (χ1v) is 5.94. The molecule has 0 bridgehead atoms. The van der Waals surface area contributed by atoms with Crippen LogP contribution < -0.4 is 5.32 Å². The summed E-state index contributed by atoms with van der Waals surface area (Å²) in [4.78, 5) is 23.0. The summed E-state index contributed by atoms with van der Waals surface area (Å²) in [5, 5.41) is 7.62. The van der Waals surface area contributed by atoms with E-state index < -0.39 is 15.8 Å². The number of carbonyl (C=O) groups is 2. The highest BCUT2D eigenvalue weighted by molar-refractivity contribution is 6.68. The Kier molecular flexibility index (Phi) is 4.28. The topological polar surface area (TPSA) is 61.8 Å². The first-order chi connectivity index (χ1) is 7.64. The quantitative estimate of drug-likeness (QED) is 0.782. The summed E-state index contributed by atoms with van der Waals surface area (Å²) in [5.41, 5.74) is 0.502. The average molecular weight is 301 g/mol. The Balaban J connectivity index is 3.04. The van der Waals surface area contributed by atoms with Gasteiger partial charge in [0.05, 0.1) is 11.8 Å². The van der Waals surface area contributed by atoms with E-state index in [1.54, 1.807) is 6.92 Å². The van der Waals surface area contributed by atoms with Gasteiger partial charge in [-0.1, -0.05) is 34.8 Å². The zero-order valence-electron chi connectivity index (χ0n) is 9.50. The molecule has 0 aromatic heterocycles. The van der Waals surface area contributed by atoms with E-state index in [0.29, 0.717) is 5.71 Å². The van der Waals surface area contributed by atoms with Gasteiger partial charge in [-0.05, 0) is 6.92 Å². The van der Waals surface area contributed by atoms with Crippen LogP contribution in [-0.4, -0.2) is 39.4 Å². The Morgan fingerprint density at radius 1 is 1.53 bits per heavy atom. The molecule has 0 saturated heterocycles. The monoisotopic (exact) mass is 299 g/mol. The summed E-state index contributed by atoms with van der Waals surface area (Å²) in [7, 11) is 1.51. The number of alkyl halides is 3. The summed E-state index contributed by atoms with van der Waals surface area (Å²) in [5.74, 6) is -1.44. The number of nitrogens with one attached hydrogen (secondary N) is 1. The van der Waals surface area contributed by atoms with E-state index in [0.717, 1.165) is 0 Å². The largest absolute Gasteiger partial charge is 0.348 e. The van der Waals surface area contributed by atoms with E-state index in [4.69, 9.17) is 34.8 Å². The Hall–Kier alpha value is -0.520. The highest BCUT2D eigenvalue weighted by atomic mass is 35.6. The Morgan fingerprint density at radius 2 is 2.06 bits per heavy atom. The first-order valence-electron chi connectivity index (χ1n) is 4.81. The maximum absolute atomic E-state index is 11.9. The highest BCUT2D eigenvalue weighted by Crippen LogP contribution is 2.36. The van der Waals surface area contributed by atoms with Gasteiger partial charge in [0.25, 0.3) is 5.91 Å². The lowest BCUT2D eigenvalue weighted by atomic mass is 9.96. The van der Waals surface area contributed by atoms with Crippen LogP contribution in [0.1, 0.15) is 13.8 Å². The summed E-state index contributed by atoms with van der Waals surface area (Å²) >= 11 is 17.4. The smallest absolute Gasteiger partial charge is 0.253 e. The molecule has 1 rings (SSSR count). The Morgan fingerprint density at radius 3 is 2.35 bits per heavy atom. The fourth-order valence-electron chi connectivity index (χ4n) is 1.68. The Labute approximate surface area is 114 Å². The van der Waals surface area contributed by atoms with Crippen LogP contribution in [0.25, 0.3) is 0 Å². The van der Waals surface area contributed by atoms with E-state index in [-0.39, 0.29) is 11.8 Å². The van der Waals surface area contributed by atoms with Crippen molar-refractivity contribution in [2.24, 2.45) is 11.0 Å². The molecule has 0 radical (unpaired) electrons. The minimum Gasteiger partial charge on any atom is -0.348 e. The number of hydrogen-bond acceptors (Lipinski definition) is 3. The summed E-state index contributed by atoms with van der Waals surface area (Å²) in [6.45, 7) is 2.94. The van der Waals surface area contributed by atoms with Crippen LogP contribution >= 0.6 is 34.8 Å². The molecule has 17 heavy (non-hydrogen) atoms. The van der Waals surface area contributed by atoms with Gasteiger partial charge in [-0.25, -0.2) is 5.01 Å². The standard InChI is InChI=1S/C9H12Cl3N3O2/c1-4-6(8(17)15(3)14-4)7(9(10,11)12)13-5(2)16/h6-7H,1-3H3,(H,13,16)/t6-,7+/m1/s1. The van der Waals surface area contributed by atoms with Crippen LogP contribution in [0.4, 0.5) is 0 Å². The maximum Gasteiger partial charge on any atom is 0.253 e. The second kappa shape index (κ2) is 5.00. The SMILES string of the molecule is CC(=O)N[C@@H]([C@@H]1C(=O)N(C)N=C1C)C(Cl)(Cl)Cl. The van der Waals surface area contributed by atoms with Gasteiger partial charge in [0.1, 0.15) is 5.92 Å². The number of hydrazone groups is 1. The number of hydrogen-bond donors (Lipinski definition) is 1. The molecule has 0 fully saturated rings. The molecule has 2 amide bonds. The van der Waals surface area contributed by atoms with E-state index in [1.807, 2.05) is 0 Å². The van der Waals surface area contributed by atoms with Crippen LogP contribution in [-0.2, 0) is 9.59 Å². The molecule has 8 heteroatoms. The van der Waals surface area contributed by atoms with Crippen LogP contribution in [0.3, 0.4) is 0 Å². The van der Waals surface area contributed by atoms with Gasteiger partial charge in [0.15, 0.2) is 0 Å².